The fourth-order valence-electron chi connectivity index (χ4n) is 0. The van der Waals surface area contributed by atoms with Crippen LogP contribution in [0.2, 0.25) is 0 Å². The van der Waals surface area contributed by atoms with Crippen LogP contribution in [-0.2, 0) is 0 Å². The van der Waals surface area contributed by atoms with Crippen LogP contribution >= 0.6 is 0 Å². The molecule has 0 bridgehead atoms. The SMILES string of the molecule is O.[Cl-].[Cl-].[Cl-].[Cl-].[Th+4]. The van der Waals surface area contributed by atoms with Crippen LogP contribution in [0.1, 0.15) is 0 Å². The summed E-state index contributed by atoms with van der Waals surface area (Å²) in [7, 11) is 0. The molecule has 0 aliphatic carbocycles. The zero-order valence-electron chi connectivity index (χ0n) is 2.51. The molecule has 0 heterocycles. The van der Waals surface area contributed by atoms with Crippen molar-refractivity contribution < 1.29 is 95.0 Å². The predicted octanol–water partition coefficient (Wildman–Crippen LogP) is -12.8. The number of hydrogen-bond acceptors (Lipinski definition) is 0. The van der Waals surface area contributed by atoms with Gasteiger partial charge in [0.05, 0.1) is 0 Å². The van der Waals surface area contributed by atoms with Crippen LogP contribution in [0.3, 0.4) is 0 Å². The van der Waals surface area contributed by atoms with E-state index in [9.17, 15) is 0 Å². The van der Waals surface area contributed by atoms with Crippen molar-refractivity contribution >= 4 is 0 Å². The minimum absolute atomic E-state index is 0. The van der Waals surface area contributed by atoms with Gasteiger partial charge in [0, 0.05) is 0 Å². The largest absolute Gasteiger partial charge is 4.00 e. The van der Waals surface area contributed by atoms with Gasteiger partial charge in [-0.3, -0.25) is 0 Å². The zero-order chi connectivity index (χ0) is 0. The van der Waals surface area contributed by atoms with Crippen LogP contribution in [0.4, 0.5) is 0 Å². The minimum atomic E-state index is 0. The second-order valence-electron chi connectivity index (χ2n) is 0. The molecule has 0 aliphatic heterocycles. The number of halogens is 4. The fourth-order valence-corrected chi connectivity index (χ4v) is 0. The molecule has 0 aromatic rings. The standard InChI is InChI=1S/4ClH.H2O.Th/h4*1H;1H2;/q;;;;;+4/p-4. The van der Waals surface area contributed by atoms with Gasteiger partial charge in [-0.15, -0.1) is 0 Å². The third kappa shape index (κ3) is 32.0. The molecule has 2 N–H and O–H groups in total. The van der Waals surface area contributed by atoms with Crippen molar-refractivity contribution in [2.75, 3.05) is 0 Å². The Balaban J connectivity index is 0. The Hall–Kier alpha value is 2.44. The summed E-state index contributed by atoms with van der Waals surface area (Å²) in [5, 5.41) is 0. The Bertz CT molecular complexity index is 7.51. The first kappa shape index (κ1) is 78.3. The molecule has 0 atom stereocenters. The maximum absolute atomic E-state index is 0. The summed E-state index contributed by atoms with van der Waals surface area (Å²) in [4.78, 5) is 0. The molecule has 1 nitrogen and oxygen atoms in total. The molecule has 6 heteroatoms. The smallest absolute Gasteiger partial charge is 1.00 e. The van der Waals surface area contributed by atoms with Crippen LogP contribution in [0.5, 0.6) is 0 Å². The fraction of sp³-hybridized carbons (Fsp3) is 0. The van der Waals surface area contributed by atoms with E-state index < -0.39 is 0 Å². The first-order valence-corrected chi connectivity index (χ1v) is 0. The second-order valence-corrected chi connectivity index (χ2v) is 0. The monoisotopic (exact) mass is 390 g/mol. The van der Waals surface area contributed by atoms with Gasteiger partial charge in [-0.25, -0.2) is 0 Å². The Morgan fingerprint density at radius 3 is 0.500 bits per heavy atom. The Morgan fingerprint density at radius 1 is 0.500 bits per heavy atom. The first-order chi connectivity index (χ1) is 0. The van der Waals surface area contributed by atoms with Crippen LogP contribution in [0.15, 0.2) is 0 Å². The molecule has 0 radical (unpaired) electrons. The molecule has 0 aromatic heterocycles. The number of hydrogen-bond donors (Lipinski definition) is 0. The molecule has 6 heavy (non-hydrogen) atoms. The van der Waals surface area contributed by atoms with Crippen molar-refractivity contribution in [2.45, 2.75) is 0 Å². The van der Waals surface area contributed by atoms with Gasteiger partial charge in [-0.1, -0.05) is 0 Å². The molecule has 0 unspecified atom stereocenters. The number of rotatable bonds is 0. The Labute approximate surface area is 93.6 Å². The van der Waals surface area contributed by atoms with E-state index in [0.29, 0.717) is 0 Å². The average Bonchev–Trinajstić information content (AvgIpc) is 0. The summed E-state index contributed by atoms with van der Waals surface area (Å²) in [6.45, 7) is 0. The average molecular weight is 392 g/mol. The third-order valence-electron chi connectivity index (χ3n) is 0. The van der Waals surface area contributed by atoms with Gasteiger partial charge in [0.25, 0.3) is 0 Å². The molecule has 0 aromatic carbocycles. The van der Waals surface area contributed by atoms with E-state index in [1.54, 1.807) is 0 Å². The molecule has 0 saturated heterocycles. The normalized spacial score (nSPS) is 0. The van der Waals surface area contributed by atoms with E-state index in [1.807, 2.05) is 0 Å². The Kier molecular flexibility index (Phi) is 675. The third-order valence-corrected chi connectivity index (χ3v) is 0. The molecular formula is H2Cl4OTh. The predicted molar refractivity (Wildman–Crippen MR) is 3.61 cm³/mol. The maximum Gasteiger partial charge on any atom is 4.00 e. The summed E-state index contributed by atoms with van der Waals surface area (Å²) < 4.78 is 0. The molecule has 0 amide bonds. The van der Waals surface area contributed by atoms with Crippen molar-refractivity contribution in [3.63, 3.8) is 0 Å². The van der Waals surface area contributed by atoms with Crippen LogP contribution in [-0.4, -0.2) is 5.48 Å². The second kappa shape index (κ2) is 51.7. The molecule has 40 valence electrons. The van der Waals surface area contributed by atoms with Gasteiger partial charge in [0.1, 0.15) is 0 Å². The van der Waals surface area contributed by atoms with E-state index in [4.69, 9.17) is 0 Å². The summed E-state index contributed by atoms with van der Waals surface area (Å²) in [6.07, 6.45) is 0. The van der Waals surface area contributed by atoms with Crippen LogP contribution in [0.25, 0.3) is 0 Å². The van der Waals surface area contributed by atoms with Crippen LogP contribution < -0.4 is 49.6 Å². The zero-order valence-corrected chi connectivity index (χ0v) is 9.65. The van der Waals surface area contributed by atoms with Gasteiger partial charge < -0.3 is 55.1 Å². The summed E-state index contributed by atoms with van der Waals surface area (Å²) in [5.41, 5.74) is 0. The quantitative estimate of drug-likeness (QED) is 0.393. The van der Waals surface area contributed by atoms with Crippen LogP contribution in [0, 0.1) is 39.9 Å². The molecule has 0 saturated carbocycles. The maximum atomic E-state index is 0. The van der Waals surface area contributed by atoms with Crippen molar-refractivity contribution in [1.82, 2.24) is 0 Å². The van der Waals surface area contributed by atoms with Gasteiger partial charge in [0.2, 0.25) is 0 Å². The van der Waals surface area contributed by atoms with E-state index in [-0.39, 0.29) is 95.0 Å². The first-order valence-electron chi connectivity index (χ1n) is 0. The Morgan fingerprint density at radius 2 is 0.500 bits per heavy atom. The van der Waals surface area contributed by atoms with E-state index in [0.717, 1.165) is 0 Å². The molecule has 0 fully saturated rings. The van der Waals surface area contributed by atoms with Crippen molar-refractivity contribution in [3.8, 4) is 0 Å². The van der Waals surface area contributed by atoms with Crippen molar-refractivity contribution in [3.05, 3.63) is 0 Å². The van der Waals surface area contributed by atoms with Crippen molar-refractivity contribution in [1.29, 1.82) is 0 Å². The van der Waals surface area contributed by atoms with E-state index >= 15 is 0 Å². The van der Waals surface area contributed by atoms with Gasteiger partial charge in [0.15, 0.2) is 0 Å². The van der Waals surface area contributed by atoms with Gasteiger partial charge in [-0.05, 0) is 0 Å². The molecule has 0 spiro atoms. The van der Waals surface area contributed by atoms with E-state index in [2.05, 4.69) is 0 Å². The summed E-state index contributed by atoms with van der Waals surface area (Å²) in [5.74, 6) is 0. The van der Waals surface area contributed by atoms with Gasteiger partial charge in [-0.2, -0.15) is 0 Å². The summed E-state index contributed by atoms with van der Waals surface area (Å²) in [6, 6.07) is 0. The molecular weight excluding hydrogens is 390 g/mol. The van der Waals surface area contributed by atoms with E-state index in [1.165, 1.54) is 0 Å². The molecule has 0 rings (SSSR count). The molecule has 0 aliphatic rings. The topological polar surface area (TPSA) is 31.5 Å². The summed E-state index contributed by atoms with van der Waals surface area (Å²) >= 11 is 0. The van der Waals surface area contributed by atoms with Gasteiger partial charge >= 0.3 is 39.9 Å². The van der Waals surface area contributed by atoms with Crippen molar-refractivity contribution in [2.24, 2.45) is 0 Å². The minimum Gasteiger partial charge on any atom is -1.00 e.